The van der Waals surface area contributed by atoms with Gasteiger partial charge in [-0.2, -0.15) is 0 Å². The van der Waals surface area contributed by atoms with E-state index in [2.05, 4.69) is 0 Å². The Morgan fingerprint density at radius 3 is 2.71 bits per heavy atom. The molecule has 2 heterocycles. The second kappa shape index (κ2) is 7.32. The number of hydrogen-bond donors (Lipinski definition) is 0. The summed E-state index contributed by atoms with van der Waals surface area (Å²) >= 11 is 7.32. The summed E-state index contributed by atoms with van der Waals surface area (Å²) in [6, 6.07) is 10.0. The highest BCUT2D eigenvalue weighted by Gasteiger charge is 2.43. The lowest BCUT2D eigenvalue weighted by Crippen LogP contribution is -2.42. The fourth-order valence-electron chi connectivity index (χ4n) is 2.55. The number of esters is 1. The molecular weight excluding hydrogens is 350 g/mol. The van der Waals surface area contributed by atoms with Gasteiger partial charge in [0.1, 0.15) is 23.8 Å². The molecule has 2 atom stereocenters. The van der Waals surface area contributed by atoms with Gasteiger partial charge in [-0.1, -0.05) is 23.7 Å². The molecule has 0 aliphatic carbocycles. The van der Waals surface area contributed by atoms with E-state index in [4.69, 9.17) is 20.8 Å². The van der Waals surface area contributed by atoms with Crippen molar-refractivity contribution in [3.05, 3.63) is 59.0 Å². The smallest absolute Gasteiger partial charge is 0.330 e. The number of amides is 1. The third kappa shape index (κ3) is 3.60. The maximum Gasteiger partial charge on any atom is 0.330 e. The van der Waals surface area contributed by atoms with E-state index in [1.54, 1.807) is 42.7 Å². The van der Waals surface area contributed by atoms with Crippen molar-refractivity contribution >= 4 is 35.2 Å². The highest BCUT2D eigenvalue weighted by molar-refractivity contribution is 7.99. The van der Waals surface area contributed by atoms with Gasteiger partial charge in [-0.25, -0.2) is 4.79 Å². The van der Waals surface area contributed by atoms with Crippen LogP contribution < -0.4 is 0 Å². The zero-order valence-electron chi connectivity index (χ0n) is 13.0. The van der Waals surface area contributed by atoms with Gasteiger partial charge in [0.25, 0.3) is 0 Å². The molecule has 1 amide bonds. The molecule has 1 aromatic carbocycles. The van der Waals surface area contributed by atoms with E-state index < -0.39 is 12.0 Å². The van der Waals surface area contributed by atoms with Gasteiger partial charge in [0, 0.05) is 17.7 Å². The number of carbonyl (C=O) groups is 2. The maximum atomic E-state index is 12.4. The molecule has 24 heavy (non-hydrogen) atoms. The topological polar surface area (TPSA) is 59.8 Å². The van der Waals surface area contributed by atoms with E-state index in [0.717, 1.165) is 5.56 Å². The fourth-order valence-corrected chi connectivity index (χ4v) is 4.10. The number of carbonyl (C=O) groups excluding carboxylic acids is 2. The molecule has 5 nitrogen and oxygen atoms in total. The molecule has 1 fully saturated rings. The van der Waals surface area contributed by atoms with Crippen LogP contribution >= 0.6 is 23.4 Å². The molecule has 0 N–H and O–H groups in total. The summed E-state index contributed by atoms with van der Waals surface area (Å²) in [7, 11) is 0. The minimum atomic E-state index is -0.616. The summed E-state index contributed by atoms with van der Waals surface area (Å²) in [5.74, 6) is 0.532. The van der Waals surface area contributed by atoms with E-state index >= 15 is 0 Å². The monoisotopic (exact) mass is 365 g/mol. The summed E-state index contributed by atoms with van der Waals surface area (Å²) in [6.45, 7) is 1.59. The first-order chi connectivity index (χ1) is 11.6. The number of thioether (sulfide) groups is 1. The van der Waals surface area contributed by atoms with E-state index in [0.29, 0.717) is 16.5 Å². The quantitative estimate of drug-likeness (QED) is 0.774. The van der Waals surface area contributed by atoms with Crippen LogP contribution in [-0.4, -0.2) is 28.6 Å². The lowest BCUT2D eigenvalue weighted by molar-refractivity contribution is -0.154. The minimum absolute atomic E-state index is 0.147. The molecule has 0 bridgehead atoms. The maximum absolute atomic E-state index is 12.4. The average Bonchev–Trinajstić information content (AvgIpc) is 3.22. The zero-order valence-corrected chi connectivity index (χ0v) is 14.5. The predicted molar refractivity (Wildman–Crippen MR) is 91.5 cm³/mol. The van der Waals surface area contributed by atoms with Crippen molar-refractivity contribution < 1.29 is 18.7 Å². The second-order valence-corrected chi connectivity index (χ2v) is 6.93. The molecule has 1 aromatic heterocycles. The van der Waals surface area contributed by atoms with Gasteiger partial charge >= 0.3 is 5.97 Å². The van der Waals surface area contributed by atoms with Crippen LogP contribution in [0, 0.1) is 0 Å². The van der Waals surface area contributed by atoms with Crippen LogP contribution in [0.4, 0.5) is 0 Å². The van der Waals surface area contributed by atoms with Crippen LogP contribution in [0.25, 0.3) is 0 Å². The van der Waals surface area contributed by atoms with Crippen molar-refractivity contribution in [1.82, 2.24) is 4.90 Å². The standard InChI is InChI=1S/C17H16ClNO4S/c1-11(20)19-14(10-24-16(19)15-3-2-8-22-15)17(21)23-9-12-4-6-13(18)7-5-12/h2-8,14,16H,9-10H2,1H3/t14-,16-/m0/s1. The van der Waals surface area contributed by atoms with Crippen LogP contribution in [0.3, 0.4) is 0 Å². The van der Waals surface area contributed by atoms with Crippen LogP contribution in [0.2, 0.25) is 5.02 Å². The first-order valence-electron chi connectivity index (χ1n) is 7.41. The molecule has 0 spiro atoms. The zero-order chi connectivity index (χ0) is 17.1. The molecule has 0 unspecified atom stereocenters. The third-order valence-corrected chi connectivity index (χ3v) is 5.25. The van der Waals surface area contributed by atoms with Gasteiger partial charge in [0.15, 0.2) is 0 Å². The fraction of sp³-hybridized carbons (Fsp3) is 0.294. The predicted octanol–water partition coefficient (Wildman–Crippen LogP) is 3.64. The average molecular weight is 366 g/mol. The Morgan fingerprint density at radius 1 is 1.33 bits per heavy atom. The molecule has 3 rings (SSSR count). The molecule has 1 saturated heterocycles. The van der Waals surface area contributed by atoms with Crippen molar-refractivity contribution in [1.29, 1.82) is 0 Å². The van der Waals surface area contributed by atoms with Gasteiger partial charge in [0.2, 0.25) is 5.91 Å². The Bertz CT molecular complexity index is 717. The lowest BCUT2D eigenvalue weighted by Gasteiger charge is -2.25. The number of hydrogen-bond acceptors (Lipinski definition) is 5. The van der Waals surface area contributed by atoms with Gasteiger partial charge in [-0.3, -0.25) is 4.79 Å². The molecule has 2 aromatic rings. The molecule has 1 aliphatic rings. The molecule has 0 radical (unpaired) electrons. The Morgan fingerprint density at radius 2 is 2.08 bits per heavy atom. The second-order valence-electron chi connectivity index (χ2n) is 5.38. The van der Waals surface area contributed by atoms with Crippen molar-refractivity contribution in [3.63, 3.8) is 0 Å². The SMILES string of the molecule is CC(=O)N1[C@H](C(=O)OCc2ccc(Cl)cc2)CS[C@H]1c1ccco1. The summed E-state index contributed by atoms with van der Waals surface area (Å²) in [5, 5.41) is 0.326. The summed E-state index contributed by atoms with van der Waals surface area (Å²) in [5.41, 5.74) is 0.843. The van der Waals surface area contributed by atoms with Crippen LogP contribution in [0.1, 0.15) is 23.6 Å². The van der Waals surface area contributed by atoms with Gasteiger partial charge in [-0.15, -0.1) is 11.8 Å². The number of nitrogens with zero attached hydrogens (tertiary/aromatic N) is 1. The largest absolute Gasteiger partial charge is 0.466 e. The van der Waals surface area contributed by atoms with E-state index in [1.165, 1.54) is 23.6 Å². The van der Waals surface area contributed by atoms with Gasteiger partial charge < -0.3 is 14.1 Å². The molecular formula is C17H16ClNO4S. The number of furan rings is 1. The van der Waals surface area contributed by atoms with E-state index in [1.807, 2.05) is 0 Å². The van der Waals surface area contributed by atoms with Gasteiger partial charge in [0.05, 0.1) is 6.26 Å². The Balaban J connectivity index is 1.67. The Kier molecular flexibility index (Phi) is 5.16. The molecule has 7 heteroatoms. The number of ether oxygens (including phenoxy) is 1. The van der Waals surface area contributed by atoms with Crippen molar-refractivity contribution in [2.45, 2.75) is 24.9 Å². The van der Waals surface area contributed by atoms with Gasteiger partial charge in [-0.05, 0) is 29.8 Å². The summed E-state index contributed by atoms with van der Waals surface area (Å²) in [4.78, 5) is 26.0. The first kappa shape index (κ1) is 16.9. The number of benzene rings is 1. The van der Waals surface area contributed by atoms with E-state index in [-0.39, 0.29) is 17.9 Å². The van der Waals surface area contributed by atoms with Crippen molar-refractivity contribution in [3.8, 4) is 0 Å². The van der Waals surface area contributed by atoms with Crippen LogP contribution in [0.5, 0.6) is 0 Å². The Hall–Kier alpha value is -1.92. The summed E-state index contributed by atoms with van der Waals surface area (Å²) < 4.78 is 10.8. The molecule has 126 valence electrons. The van der Waals surface area contributed by atoms with Crippen LogP contribution in [-0.2, 0) is 20.9 Å². The highest BCUT2D eigenvalue weighted by Crippen LogP contribution is 2.41. The third-order valence-electron chi connectivity index (χ3n) is 3.72. The highest BCUT2D eigenvalue weighted by atomic mass is 35.5. The van der Waals surface area contributed by atoms with E-state index in [9.17, 15) is 9.59 Å². The Labute approximate surface area is 148 Å². The number of rotatable bonds is 4. The lowest BCUT2D eigenvalue weighted by atomic mass is 10.2. The molecule has 0 saturated carbocycles. The molecule has 1 aliphatic heterocycles. The number of halogens is 1. The van der Waals surface area contributed by atoms with Crippen LogP contribution in [0.15, 0.2) is 47.1 Å². The summed E-state index contributed by atoms with van der Waals surface area (Å²) in [6.07, 6.45) is 1.56. The van der Waals surface area contributed by atoms with Crippen molar-refractivity contribution in [2.24, 2.45) is 0 Å². The van der Waals surface area contributed by atoms with Crippen molar-refractivity contribution in [2.75, 3.05) is 5.75 Å². The minimum Gasteiger partial charge on any atom is -0.466 e. The normalized spacial score (nSPS) is 20.2. The first-order valence-corrected chi connectivity index (χ1v) is 8.84.